The first-order chi connectivity index (χ1) is 4.63. The third-order valence-corrected chi connectivity index (χ3v) is 2.48. The van der Waals surface area contributed by atoms with Crippen molar-refractivity contribution in [2.45, 2.75) is 0 Å². The molecule has 8 heteroatoms. The van der Waals surface area contributed by atoms with Crippen LogP contribution in [0.25, 0.3) is 0 Å². The van der Waals surface area contributed by atoms with E-state index in [1.165, 1.54) is 0 Å². The Hall–Kier alpha value is -0.440. The molecule has 2 N–H and O–H groups in total. The minimum absolute atomic E-state index is 0.958. The molecule has 66 valence electrons. The summed E-state index contributed by atoms with van der Waals surface area (Å²) in [4.78, 5) is -0.958. The maximum Gasteiger partial charge on any atom is 0.291 e. The first kappa shape index (κ1) is 10.6. The Bertz CT molecular complexity index is 345. The lowest BCUT2D eigenvalue weighted by Gasteiger charge is -1.96. The van der Waals surface area contributed by atoms with Crippen LogP contribution in [0.5, 0.6) is 0 Å². The fourth-order valence-electron chi connectivity index (χ4n) is 0.278. The molecule has 0 unspecified atom stereocenters. The van der Waals surface area contributed by atoms with E-state index in [-0.39, 0.29) is 0 Å². The smallest absolute Gasteiger partial charge is 0.285 e. The SMILES string of the molecule is C=C(CS(=O)(=O)O)S(=O)(=O)O. The van der Waals surface area contributed by atoms with Gasteiger partial charge in [0.1, 0.15) is 5.75 Å². The molecule has 0 aliphatic rings. The lowest BCUT2D eigenvalue weighted by molar-refractivity contribution is 0.478. The third kappa shape index (κ3) is 4.90. The zero-order valence-electron chi connectivity index (χ0n) is 5.26. The second kappa shape index (κ2) is 2.89. The highest BCUT2D eigenvalue weighted by Gasteiger charge is 2.17. The summed E-state index contributed by atoms with van der Waals surface area (Å²) < 4.78 is 56.4. The van der Waals surface area contributed by atoms with Gasteiger partial charge in [0, 0.05) is 0 Å². The quantitative estimate of drug-likeness (QED) is 0.584. The van der Waals surface area contributed by atoms with E-state index in [1.54, 1.807) is 0 Å². The summed E-state index contributed by atoms with van der Waals surface area (Å²) in [7, 11) is -9.01. The van der Waals surface area contributed by atoms with E-state index in [4.69, 9.17) is 9.11 Å². The normalized spacial score (nSPS) is 12.9. The third-order valence-electron chi connectivity index (χ3n) is 0.708. The van der Waals surface area contributed by atoms with Gasteiger partial charge in [0.05, 0.1) is 4.91 Å². The lowest BCUT2D eigenvalue weighted by Crippen LogP contribution is -2.12. The molecule has 0 radical (unpaired) electrons. The summed E-state index contributed by atoms with van der Waals surface area (Å²) >= 11 is 0. The first-order valence-electron chi connectivity index (χ1n) is 2.23. The molecule has 0 saturated heterocycles. The summed E-state index contributed by atoms with van der Waals surface area (Å²) in [6.07, 6.45) is 0. The molecule has 0 aromatic rings. The summed E-state index contributed by atoms with van der Waals surface area (Å²) in [5.41, 5.74) is 0. The van der Waals surface area contributed by atoms with Crippen molar-refractivity contribution in [2.24, 2.45) is 0 Å². The van der Waals surface area contributed by atoms with Gasteiger partial charge < -0.3 is 0 Å². The van der Waals surface area contributed by atoms with Crippen molar-refractivity contribution < 1.29 is 25.9 Å². The van der Waals surface area contributed by atoms with Gasteiger partial charge in [0.2, 0.25) is 0 Å². The van der Waals surface area contributed by atoms with Gasteiger partial charge in [0.15, 0.2) is 0 Å². The van der Waals surface area contributed by atoms with Crippen molar-refractivity contribution in [1.82, 2.24) is 0 Å². The van der Waals surface area contributed by atoms with Crippen molar-refractivity contribution in [3.8, 4) is 0 Å². The van der Waals surface area contributed by atoms with Crippen molar-refractivity contribution >= 4 is 20.2 Å². The molecule has 0 aromatic heterocycles. The Morgan fingerprint density at radius 1 is 1.18 bits per heavy atom. The van der Waals surface area contributed by atoms with E-state index < -0.39 is 30.9 Å². The summed E-state index contributed by atoms with van der Waals surface area (Å²) in [5, 5.41) is 0. The van der Waals surface area contributed by atoms with Gasteiger partial charge in [0.25, 0.3) is 20.2 Å². The second-order valence-corrected chi connectivity index (χ2v) is 4.72. The zero-order valence-corrected chi connectivity index (χ0v) is 6.89. The van der Waals surface area contributed by atoms with Crippen LogP contribution < -0.4 is 0 Å². The standard InChI is InChI=1S/C3H6O6S2/c1-3(11(7,8)9)2-10(4,5)6/h1-2H2,(H,4,5,6)(H,7,8,9). The van der Waals surface area contributed by atoms with Gasteiger partial charge in [-0.15, -0.1) is 0 Å². The molecule has 0 aliphatic heterocycles. The first-order valence-corrected chi connectivity index (χ1v) is 5.28. The molecule has 6 nitrogen and oxygen atoms in total. The van der Waals surface area contributed by atoms with E-state index in [2.05, 4.69) is 6.58 Å². The van der Waals surface area contributed by atoms with E-state index >= 15 is 0 Å². The molecule has 0 amide bonds. The highest BCUT2D eigenvalue weighted by Crippen LogP contribution is 2.02. The predicted octanol–water partition coefficient (Wildman–Crippen LogP) is -0.724. The Kier molecular flexibility index (Phi) is 2.78. The van der Waals surface area contributed by atoms with Crippen LogP contribution in [0.15, 0.2) is 11.5 Å². The minimum atomic E-state index is -4.57. The highest BCUT2D eigenvalue weighted by molar-refractivity contribution is 7.92. The van der Waals surface area contributed by atoms with Gasteiger partial charge in [-0.3, -0.25) is 9.11 Å². The topological polar surface area (TPSA) is 109 Å². The van der Waals surface area contributed by atoms with Gasteiger partial charge in [-0.1, -0.05) is 6.58 Å². The van der Waals surface area contributed by atoms with E-state index in [0.717, 1.165) is 0 Å². The van der Waals surface area contributed by atoms with Crippen LogP contribution in [0.1, 0.15) is 0 Å². The van der Waals surface area contributed by atoms with Crippen LogP contribution in [0.3, 0.4) is 0 Å². The molecular formula is C3H6O6S2. The van der Waals surface area contributed by atoms with Crippen LogP contribution in [-0.4, -0.2) is 31.7 Å². The summed E-state index contributed by atoms with van der Waals surface area (Å²) in [6, 6.07) is 0. The number of hydrogen-bond acceptors (Lipinski definition) is 4. The molecule has 0 spiro atoms. The number of rotatable bonds is 3. The zero-order chi connectivity index (χ0) is 9.28. The minimum Gasteiger partial charge on any atom is -0.285 e. The largest absolute Gasteiger partial charge is 0.291 e. The molecule has 0 aliphatic carbocycles. The molecule has 11 heavy (non-hydrogen) atoms. The molecule has 0 heterocycles. The van der Waals surface area contributed by atoms with E-state index in [9.17, 15) is 16.8 Å². The molecule has 0 saturated carbocycles. The number of hydrogen-bond donors (Lipinski definition) is 2. The van der Waals surface area contributed by atoms with Gasteiger partial charge in [-0.2, -0.15) is 16.8 Å². The van der Waals surface area contributed by atoms with E-state index in [0.29, 0.717) is 0 Å². The monoisotopic (exact) mass is 202 g/mol. The van der Waals surface area contributed by atoms with Crippen LogP contribution in [0.4, 0.5) is 0 Å². The van der Waals surface area contributed by atoms with Crippen molar-refractivity contribution in [3.63, 3.8) is 0 Å². The maximum absolute atomic E-state index is 10.1. The average molecular weight is 202 g/mol. The Morgan fingerprint density at radius 3 is 1.64 bits per heavy atom. The average Bonchev–Trinajstić information content (AvgIpc) is 1.56. The fraction of sp³-hybridized carbons (Fsp3) is 0.333. The fourth-order valence-corrected chi connectivity index (χ4v) is 1.73. The molecule has 0 rings (SSSR count). The molecule has 0 fully saturated rings. The van der Waals surface area contributed by atoms with Gasteiger partial charge >= 0.3 is 0 Å². The molecular weight excluding hydrogens is 196 g/mol. The molecule has 0 aromatic carbocycles. The molecule has 0 bridgehead atoms. The van der Waals surface area contributed by atoms with Crippen molar-refractivity contribution in [1.29, 1.82) is 0 Å². The van der Waals surface area contributed by atoms with Crippen LogP contribution in [0.2, 0.25) is 0 Å². The van der Waals surface area contributed by atoms with Crippen molar-refractivity contribution in [2.75, 3.05) is 5.75 Å². The van der Waals surface area contributed by atoms with Crippen LogP contribution in [-0.2, 0) is 20.2 Å². The molecule has 0 atom stereocenters. The predicted molar refractivity (Wildman–Crippen MR) is 37.1 cm³/mol. The maximum atomic E-state index is 10.1. The van der Waals surface area contributed by atoms with Gasteiger partial charge in [-0.05, 0) is 0 Å². The Balaban J connectivity index is 4.62. The van der Waals surface area contributed by atoms with Crippen molar-refractivity contribution in [3.05, 3.63) is 11.5 Å². The lowest BCUT2D eigenvalue weighted by atomic mass is 10.7. The second-order valence-electron chi connectivity index (χ2n) is 1.74. The Labute approximate surface area is 64.0 Å². The van der Waals surface area contributed by atoms with Crippen LogP contribution >= 0.6 is 0 Å². The van der Waals surface area contributed by atoms with E-state index in [1.807, 2.05) is 0 Å². The summed E-state index contributed by atoms with van der Waals surface area (Å²) in [5.74, 6) is -1.19. The van der Waals surface area contributed by atoms with Crippen LogP contribution in [0, 0.1) is 0 Å². The van der Waals surface area contributed by atoms with Gasteiger partial charge in [-0.25, -0.2) is 0 Å². The summed E-state index contributed by atoms with van der Waals surface area (Å²) in [6.45, 7) is 2.73. The highest BCUT2D eigenvalue weighted by atomic mass is 32.2. The Morgan fingerprint density at radius 2 is 1.55 bits per heavy atom.